The van der Waals surface area contributed by atoms with E-state index in [0.29, 0.717) is 17.7 Å². The van der Waals surface area contributed by atoms with E-state index in [0.717, 1.165) is 24.0 Å². The van der Waals surface area contributed by atoms with Gasteiger partial charge in [0.2, 0.25) is 0 Å². The number of phenolic OH excluding ortho intramolecular Hbond substituents is 2. The van der Waals surface area contributed by atoms with Crippen LogP contribution in [0.25, 0.3) is 0 Å². The quantitative estimate of drug-likeness (QED) is 0.620. The van der Waals surface area contributed by atoms with E-state index in [-0.39, 0.29) is 23.9 Å². The van der Waals surface area contributed by atoms with E-state index in [4.69, 9.17) is 4.74 Å². The molecule has 152 valence electrons. The molecular weight excluding hydrogens is 364 g/mol. The topological polar surface area (TPSA) is 66.8 Å². The summed E-state index contributed by atoms with van der Waals surface area (Å²) in [5.74, 6) is 0.274. The number of fused-ring (bicyclic) bond motifs is 1. The summed E-state index contributed by atoms with van der Waals surface area (Å²) in [6.45, 7) is 6.52. The Morgan fingerprint density at radius 2 is 1.90 bits per heavy atom. The van der Waals surface area contributed by atoms with Gasteiger partial charge in [-0.2, -0.15) is 0 Å². The zero-order valence-electron chi connectivity index (χ0n) is 17.2. The van der Waals surface area contributed by atoms with Crippen molar-refractivity contribution in [2.45, 2.75) is 46.0 Å². The smallest absolute Gasteiger partial charge is 0.177 e. The Hall–Kier alpha value is -3.01. The molecule has 0 radical (unpaired) electrons. The van der Waals surface area contributed by atoms with Crippen molar-refractivity contribution < 1.29 is 19.7 Å². The molecule has 2 aromatic rings. The molecule has 0 saturated carbocycles. The van der Waals surface area contributed by atoms with E-state index in [1.54, 1.807) is 18.2 Å². The van der Waals surface area contributed by atoms with Crippen LogP contribution in [-0.4, -0.2) is 22.6 Å². The van der Waals surface area contributed by atoms with Gasteiger partial charge >= 0.3 is 0 Å². The lowest BCUT2D eigenvalue weighted by atomic mass is 9.87. The Morgan fingerprint density at radius 1 is 1.10 bits per heavy atom. The molecule has 2 N–H and O–H groups in total. The van der Waals surface area contributed by atoms with Crippen LogP contribution >= 0.6 is 0 Å². The van der Waals surface area contributed by atoms with Crippen molar-refractivity contribution >= 4 is 5.78 Å². The molecule has 0 aromatic heterocycles. The second-order valence-electron chi connectivity index (χ2n) is 7.87. The third-order valence-electron chi connectivity index (χ3n) is 5.22. The second kappa shape index (κ2) is 8.99. The molecule has 3 rings (SSSR count). The highest BCUT2D eigenvalue weighted by atomic mass is 16.5. The maximum Gasteiger partial charge on any atom is 0.177 e. The highest BCUT2D eigenvalue weighted by molar-refractivity contribution is 6.04. The summed E-state index contributed by atoms with van der Waals surface area (Å²) in [7, 11) is 0. The number of ketones is 1. The predicted octanol–water partition coefficient (Wildman–Crippen LogP) is 5.69. The fourth-order valence-electron chi connectivity index (χ4n) is 3.48. The number of Topliss-reactive ketones (excluding diaryl/α,β-unsaturated/α-hetero) is 1. The Labute approximate surface area is 172 Å². The van der Waals surface area contributed by atoms with Gasteiger partial charge < -0.3 is 14.9 Å². The first-order valence-corrected chi connectivity index (χ1v) is 9.96. The molecule has 1 aliphatic rings. The highest BCUT2D eigenvalue weighted by Gasteiger charge is 2.30. The van der Waals surface area contributed by atoms with Crippen LogP contribution in [0.4, 0.5) is 0 Å². The molecule has 1 atom stereocenters. The standard InChI is InChI=1S/C25H28O4/c1-16(2)5-4-6-17(3)7-8-19-13-18(9-12-23(19)27)22-15-29-24-14-20(26)10-11-21(24)25(22)28/h5,7,9-14,22,26-27H,4,6,8,15H2,1-3H3/b17-7+/t22-/m1/s1. The van der Waals surface area contributed by atoms with Crippen LogP contribution in [0.2, 0.25) is 0 Å². The fraction of sp³-hybridized carbons (Fsp3) is 0.320. The number of phenols is 2. The first kappa shape index (κ1) is 20.7. The Balaban J connectivity index is 1.76. The fourth-order valence-corrected chi connectivity index (χ4v) is 3.48. The maximum absolute atomic E-state index is 12.9. The zero-order valence-corrected chi connectivity index (χ0v) is 17.2. The van der Waals surface area contributed by atoms with Gasteiger partial charge in [0.05, 0.1) is 11.5 Å². The Kier molecular flexibility index (Phi) is 6.42. The largest absolute Gasteiger partial charge is 0.508 e. The summed E-state index contributed by atoms with van der Waals surface area (Å²) >= 11 is 0. The number of allylic oxidation sites excluding steroid dienone is 4. The number of aromatic hydroxyl groups is 2. The third kappa shape index (κ3) is 5.08. The van der Waals surface area contributed by atoms with Crippen LogP contribution in [0, 0.1) is 0 Å². The van der Waals surface area contributed by atoms with Gasteiger partial charge in [0.1, 0.15) is 23.9 Å². The minimum Gasteiger partial charge on any atom is -0.508 e. The van der Waals surface area contributed by atoms with Crippen molar-refractivity contribution in [2.24, 2.45) is 0 Å². The molecule has 0 amide bonds. The van der Waals surface area contributed by atoms with Gasteiger partial charge in [-0.15, -0.1) is 0 Å². The molecular formula is C25H28O4. The molecule has 29 heavy (non-hydrogen) atoms. The lowest BCUT2D eigenvalue weighted by Crippen LogP contribution is -2.26. The molecule has 0 aliphatic carbocycles. The highest BCUT2D eigenvalue weighted by Crippen LogP contribution is 2.35. The molecule has 0 saturated heterocycles. The van der Waals surface area contributed by atoms with Crippen LogP contribution in [-0.2, 0) is 6.42 Å². The third-order valence-corrected chi connectivity index (χ3v) is 5.22. The van der Waals surface area contributed by atoms with E-state index >= 15 is 0 Å². The van der Waals surface area contributed by atoms with Crippen molar-refractivity contribution in [2.75, 3.05) is 6.61 Å². The average Bonchev–Trinajstić information content (AvgIpc) is 2.67. The van der Waals surface area contributed by atoms with E-state index in [1.165, 1.54) is 23.3 Å². The molecule has 4 nitrogen and oxygen atoms in total. The van der Waals surface area contributed by atoms with Crippen molar-refractivity contribution in [1.82, 2.24) is 0 Å². The number of carbonyl (C=O) groups excluding carboxylic acids is 1. The van der Waals surface area contributed by atoms with Crippen molar-refractivity contribution in [3.05, 3.63) is 76.4 Å². The molecule has 4 heteroatoms. The first-order valence-electron chi connectivity index (χ1n) is 9.96. The summed E-state index contributed by atoms with van der Waals surface area (Å²) in [5.41, 5.74) is 4.70. The Bertz CT molecular complexity index is 965. The minimum absolute atomic E-state index is 0.0312. The lowest BCUT2D eigenvalue weighted by molar-refractivity contribution is 0.0896. The number of rotatable bonds is 6. The van der Waals surface area contributed by atoms with Gasteiger partial charge in [-0.1, -0.05) is 35.4 Å². The second-order valence-corrected chi connectivity index (χ2v) is 7.87. The molecule has 1 heterocycles. The van der Waals surface area contributed by atoms with Gasteiger partial charge in [-0.3, -0.25) is 4.79 Å². The minimum atomic E-state index is -0.422. The first-order chi connectivity index (χ1) is 13.8. The number of benzene rings is 2. The van der Waals surface area contributed by atoms with E-state index in [2.05, 4.69) is 32.9 Å². The van der Waals surface area contributed by atoms with Crippen LogP contribution in [0.3, 0.4) is 0 Å². The molecule has 1 aliphatic heterocycles. The van der Waals surface area contributed by atoms with E-state index < -0.39 is 5.92 Å². The van der Waals surface area contributed by atoms with Gasteiger partial charge in [-0.25, -0.2) is 0 Å². The normalized spacial score (nSPS) is 16.2. The van der Waals surface area contributed by atoms with Gasteiger partial charge in [0, 0.05) is 6.07 Å². The number of hydrogen-bond acceptors (Lipinski definition) is 4. The molecule has 2 aromatic carbocycles. The van der Waals surface area contributed by atoms with Crippen LogP contribution in [0.1, 0.15) is 61.0 Å². The van der Waals surface area contributed by atoms with E-state index in [9.17, 15) is 15.0 Å². The van der Waals surface area contributed by atoms with Crippen molar-refractivity contribution in [3.8, 4) is 17.2 Å². The van der Waals surface area contributed by atoms with Gasteiger partial charge in [0.15, 0.2) is 5.78 Å². The monoisotopic (exact) mass is 392 g/mol. The summed E-state index contributed by atoms with van der Waals surface area (Å²) in [4.78, 5) is 12.9. The number of carbonyl (C=O) groups is 1. The molecule has 0 unspecified atom stereocenters. The maximum atomic E-state index is 12.9. The molecule has 0 bridgehead atoms. The van der Waals surface area contributed by atoms with Crippen LogP contribution < -0.4 is 4.74 Å². The van der Waals surface area contributed by atoms with E-state index in [1.807, 2.05) is 6.07 Å². The van der Waals surface area contributed by atoms with Crippen LogP contribution in [0.5, 0.6) is 17.2 Å². The summed E-state index contributed by atoms with van der Waals surface area (Å²) < 4.78 is 5.71. The average molecular weight is 392 g/mol. The van der Waals surface area contributed by atoms with Crippen molar-refractivity contribution in [1.29, 1.82) is 0 Å². The van der Waals surface area contributed by atoms with Crippen LogP contribution in [0.15, 0.2) is 59.7 Å². The zero-order chi connectivity index (χ0) is 21.0. The summed E-state index contributed by atoms with van der Waals surface area (Å²) in [6, 6.07) is 9.88. The predicted molar refractivity (Wildman–Crippen MR) is 115 cm³/mol. The molecule has 0 fully saturated rings. The Morgan fingerprint density at radius 3 is 2.66 bits per heavy atom. The number of hydrogen-bond donors (Lipinski definition) is 2. The lowest BCUT2D eigenvalue weighted by Gasteiger charge is -2.25. The SMILES string of the molecule is CC(C)=CCC/C(C)=C/Cc1cc([C@H]2COc3cc(O)ccc3C2=O)ccc1O. The molecule has 0 spiro atoms. The number of ether oxygens (including phenoxy) is 1. The van der Waals surface area contributed by atoms with Gasteiger partial charge in [-0.05, 0) is 69.4 Å². The van der Waals surface area contributed by atoms with Gasteiger partial charge in [0.25, 0.3) is 0 Å². The van der Waals surface area contributed by atoms with Crippen molar-refractivity contribution in [3.63, 3.8) is 0 Å². The summed E-state index contributed by atoms with van der Waals surface area (Å²) in [5, 5.41) is 19.8. The summed E-state index contributed by atoms with van der Waals surface area (Å²) in [6.07, 6.45) is 6.98.